The number of benzene rings is 2. The van der Waals surface area contributed by atoms with Crippen LogP contribution in [0.1, 0.15) is 48.0 Å². The van der Waals surface area contributed by atoms with Crippen molar-refractivity contribution < 1.29 is 21.8 Å². The van der Waals surface area contributed by atoms with E-state index in [9.17, 15) is 0 Å². The number of fused-ring (bicyclic) bond motifs is 1. The molecule has 28 heavy (non-hydrogen) atoms. The molecule has 2 aromatic carbocycles. The monoisotopic (exact) mass is 510 g/mol. The summed E-state index contributed by atoms with van der Waals surface area (Å²) in [5.74, 6) is -0.161. The maximum absolute atomic E-state index is 7.20. The van der Waals surface area contributed by atoms with Gasteiger partial charge in [0.05, 0.1) is 0 Å². The number of hydrogen-bond acceptors (Lipinski definition) is 1. The predicted molar refractivity (Wildman–Crippen MR) is 124 cm³/mol. The zero-order chi connectivity index (χ0) is 20.9. The van der Waals surface area contributed by atoms with E-state index in [1.54, 1.807) is 7.11 Å². The van der Waals surface area contributed by atoms with Gasteiger partial charge in [-0.25, -0.2) is 0 Å². The Kier molecular flexibility index (Phi) is 6.44. The molecule has 0 aliphatic heterocycles. The standard InChI is InChI=1S/C21H23O.C2H7Si.2ClH.Zr/c1-14-11-16-13-18(21(2,3)4)20(22-5)19(17(16)12-14)15-9-7-6-8-10-15;1-3-2;;;/h6-13H,1-5H3;3H,1-2H3;2*1H;/q;;;;+2/p-2. The molecule has 0 N–H and O–H groups in total. The summed E-state index contributed by atoms with van der Waals surface area (Å²) in [6.45, 7) is 13.6. The first-order valence-electron chi connectivity index (χ1n) is 9.87. The molecule has 1 aliphatic carbocycles. The Morgan fingerprint density at radius 1 is 1.07 bits per heavy atom. The molecule has 0 amide bonds. The van der Waals surface area contributed by atoms with Gasteiger partial charge in [0.2, 0.25) is 0 Å². The van der Waals surface area contributed by atoms with Crippen LogP contribution in [0.5, 0.6) is 5.75 Å². The van der Waals surface area contributed by atoms with E-state index in [4.69, 9.17) is 21.8 Å². The van der Waals surface area contributed by atoms with Crippen LogP contribution in [-0.2, 0) is 22.5 Å². The van der Waals surface area contributed by atoms with Crippen molar-refractivity contribution in [3.8, 4) is 16.9 Å². The van der Waals surface area contributed by atoms with Gasteiger partial charge in [-0.1, -0.05) is 0 Å². The molecule has 5 heteroatoms. The number of halogens is 2. The fourth-order valence-corrected chi connectivity index (χ4v) is 19.1. The molecule has 3 rings (SSSR count). The topological polar surface area (TPSA) is 9.23 Å². The van der Waals surface area contributed by atoms with E-state index in [2.05, 4.69) is 83.3 Å². The first-order valence-corrected chi connectivity index (χ1v) is 24.8. The number of hydrogen-bond donors (Lipinski definition) is 0. The second kappa shape index (κ2) is 8.06. The second-order valence-electron chi connectivity index (χ2n) is 9.10. The van der Waals surface area contributed by atoms with Crippen molar-refractivity contribution in [1.82, 2.24) is 0 Å². The summed E-state index contributed by atoms with van der Waals surface area (Å²) in [7, 11) is 16.2. The minimum atomic E-state index is -3.29. The molecule has 0 radical (unpaired) electrons. The molecule has 1 atom stereocenters. The average molecular weight is 513 g/mol. The third-order valence-electron chi connectivity index (χ3n) is 5.72. The molecule has 0 spiro atoms. The van der Waals surface area contributed by atoms with Gasteiger partial charge < -0.3 is 0 Å². The molecule has 0 aromatic heterocycles. The predicted octanol–water partition coefficient (Wildman–Crippen LogP) is 7.56. The molecule has 0 saturated heterocycles. The van der Waals surface area contributed by atoms with Crippen molar-refractivity contribution in [2.75, 3.05) is 7.11 Å². The van der Waals surface area contributed by atoms with Crippen LogP contribution in [0.4, 0.5) is 0 Å². The Morgan fingerprint density at radius 3 is 2.18 bits per heavy atom. The second-order valence-corrected chi connectivity index (χ2v) is 42.9. The molecule has 150 valence electrons. The van der Waals surface area contributed by atoms with Crippen molar-refractivity contribution in [3.63, 3.8) is 0 Å². The molecule has 0 bridgehead atoms. The Labute approximate surface area is 182 Å². The number of ether oxygens (including phenoxy) is 1. The van der Waals surface area contributed by atoms with E-state index < -0.39 is 23.0 Å². The summed E-state index contributed by atoms with van der Waals surface area (Å²) in [4.78, 5) is 0. The Hall–Kier alpha value is -0.340. The summed E-state index contributed by atoms with van der Waals surface area (Å²) in [6, 6.07) is 12.9. The first-order chi connectivity index (χ1) is 13.0. The normalized spacial score (nSPS) is 16.9. The van der Waals surface area contributed by atoms with Crippen LogP contribution < -0.4 is 4.74 Å². The fraction of sp³-hybridized carbons (Fsp3) is 0.391. The number of rotatable bonds is 4. The van der Waals surface area contributed by atoms with Gasteiger partial charge >= 0.3 is 183 Å². The maximum atomic E-state index is 7.20. The van der Waals surface area contributed by atoms with Gasteiger partial charge in [-0.15, -0.1) is 0 Å². The van der Waals surface area contributed by atoms with Crippen LogP contribution >= 0.6 is 17.0 Å². The Morgan fingerprint density at radius 2 is 1.68 bits per heavy atom. The molecule has 1 aliphatic rings. The third-order valence-corrected chi connectivity index (χ3v) is 42.4. The van der Waals surface area contributed by atoms with E-state index in [0.29, 0.717) is 0 Å². The van der Waals surface area contributed by atoms with Crippen molar-refractivity contribution in [3.05, 3.63) is 58.7 Å². The van der Waals surface area contributed by atoms with E-state index in [1.807, 2.05) is 0 Å². The Balaban J connectivity index is 2.40. The van der Waals surface area contributed by atoms with Crippen LogP contribution in [0, 0.1) is 0 Å². The van der Waals surface area contributed by atoms with Gasteiger partial charge in [-0.3, -0.25) is 0 Å². The van der Waals surface area contributed by atoms with Crippen LogP contribution in [0.3, 0.4) is 0 Å². The SMILES string of the molecule is COc1c(C(C)(C)C)cc2c(c1-c1ccccc1)C=C(C)[CH]2[Zr]([Cl])([Cl])[SiH](C)C. The minimum absolute atomic E-state index is 0.0446. The number of methoxy groups -OCH3 is 1. The van der Waals surface area contributed by atoms with Crippen molar-refractivity contribution >= 4 is 29.0 Å². The van der Waals surface area contributed by atoms with Crippen LogP contribution in [0.15, 0.2) is 42.0 Å². The molecule has 0 saturated carbocycles. The van der Waals surface area contributed by atoms with Crippen molar-refractivity contribution in [2.24, 2.45) is 0 Å². The van der Waals surface area contributed by atoms with E-state index >= 15 is 0 Å². The average Bonchev–Trinajstić information content (AvgIpc) is 2.95. The van der Waals surface area contributed by atoms with Gasteiger partial charge in [0.25, 0.3) is 0 Å². The summed E-state index contributed by atoms with van der Waals surface area (Å²) in [5.41, 5.74) is 7.42. The van der Waals surface area contributed by atoms with Crippen LogP contribution in [0.25, 0.3) is 17.2 Å². The molecule has 0 heterocycles. The molecule has 0 fully saturated rings. The molecular weight excluding hydrogens is 482 g/mol. The summed E-state index contributed by atoms with van der Waals surface area (Å²) in [5, 5.41) is 0. The van der Waals surface area contributed by atoms with E-state index in [0.717, 1.165) is 5.75 Å². The summed E-state index contributed by atoms with van der Waals surface area (Å²) in [6.07, 6.45) is 2.31. The quantitative estimate of drug-likeness (QED) is 0.384. The number of allylic oxidation sites excluding steroid dienone is 1. The van der Waals surface area contributed by atoms with Gasteiger partial charge in [-0.2, -0.15) is 0 Å². The van der Waals surface area contributed by atoms with Gasteiger partial charge in [0.1, 0.15) is 0 Å². The molecular formula is C23H30Cl2OSiZr. The van der Waals surface area contributed by atoms with Gasteiger partial charge in [0, 0.05) is 0 Å². The van der Waals surface area contributed by atoms with E-state index in [-0.39, 0.29) is 9.04 Å². The van der Waals surface area contributed by atoms with Crippen molar-refractivity contribution in [1.29, 1.82) is 0 Å². The van der Waals surface area contributed by atoms with Crippen molar-refractivity contribution in [2.45, 2.75) is 49.8 Å². The summed E-state index contributed by atoms with van der Waals surface area (Å²) >= 11 is -3.29. The van der Waals surface area contributed by atoms with Crippen LogP contribution in [-0.4, -0.2) is 13.0 Å². The molecule has 2 aromatic rings. The molecule has 1 unspecified atom stereocenters. The van der Waals surface area contributed by atoms with Gasteiger partial charge in [-0.05, 0) is 0 Å². The Bertz CT molecular complexity index is 914. The zero-order valence-corrected chi connectivity index (χ0v) is 23.0. The van der Waals surface area contributed by atoms with E-state index in [1.165, 1.54) is 33.4 Å². The molecule has 1 nitrogen and oxygen atoms in total. The zero-order valence-electron chi connectivity index (χ0n) is 17.9. The third kappa shape index (κ3) is 3.85. The van der Waals surface area contributed by atoms with Crippen LogP contribution in [0.2, 0.25) is 13.1 Å². The summed E-state index contributed by atoms with van der Waals surface area (Å²) < 4.78 is 6.25. The first kappa shape index (κ1) is 22.3. The fourth-order valence-electron chi connectivity index (χ4n) is 4.16. The van der Waals surface area contributed by atoms with Gasteiger partial charge in [0.15, 0.2) is 0 Å².